The Labute approximate surface area is 190 Å². The van der Waals surface area contributed by atoms with Gasteiger partial charge in [-0.15, -0.1) is 0 Å². The molecular weight excluding hydrogens is 396 g/mol. The molecule has 1 aromatic heterocycles. The average Bonchev–Trinajstić information content (AvgIpc) is 2.73. The first kappa shape index (κ1) is 22.3. The average molecular weight is 431 g/mol. The molecule has 2 aromatic carbocycles. The predicted octanol–water partition coefficient (Wildman–Crippen LogP) is 4.39. The van der Waals surface area contributed by atoms with Gasteiger partial charge in [-0.1, -0.05) is 23.8 Å². The summed E-state index contributed by atoms with van der Waals surface area (Å²) >= 11 is 0. The number of hydrogen-bond acceptors (Lipinski definition) is 3. The van der Waals surface area contributed by atoms with Gasteiger partial charge in [-0.25, -0.2) is 9.79 Å². The molecule has 4 rings (SSSR count). The van der Waals surface area contributed by atoms with E-state index in [4.69, 9.17) is 10.7 Å². The highest BCUT2D eigenvalue weighted by molar-refractivity contribution is 5.67. The van der Waals surface area contributed by atoms with Crippen LogP contribution in [0, 0.1) is 34.6 Å². The van der Waals surface area contributed by atoms with Crippen molar-refractivity contribution in [1.29, 1.82) is 0 Å². The Morgan fingerprint density at radius 1 is 0.906 bits per heavy atom. The van der Waals surface area contributed by atoms with Crippen LogP contribution in [0.5, 0.6) is 0 Å². The third-order valence-corrected chi connectivity index (χ3v) is 6.59. The quantitative estimate of drug-likeness (QED) is 0.610. The minimum atomic E-state index is 0.0181. The summed E-state index contributed by atoms with van der Waals surface area (Å²) < 4.78 is 3.76. The van der Waals surface area contributed by atoms with Gasteiger partial charge in [0.1, 0.15) is 5.49 Å². The summed E-state index contributed by atoms with van der Waals surface area (Å²) in [5.74, 6) is 0. The van der Waals surface area contributed by atoms with E-state index in [-0.39, 0.29) is 5.69 Å². The van der Waals surface area contributed by atoms with Gasteiger partial charge in [-0.3, -0.25) is 9.13 Å². The Balaban J connectivity index is 1.99. The standard InChI is InChI=1S/C27H34N4O/c1-17-12-20(4)26(21(5)13-17)29-25-16-24-23-15-19(3)18(2)14-22(23)8-11-30(24)27(32)31(25)10-7-6-9-28/h12-16H,6-11,28H2,1-5H3/b29-25+. The maximum absolute atomic E-state index is 13.6. The van der Waals surface area contributed by atoms with Crippen molar-refractivity contribution in [3.63, 3.8) is 0 Å². The maximum atomic E-state index is 13.6. The lowest BCUT2D eigenvalue weighted by molar-refractivity contribution is 0.518. The van der Waals surface area contributed by atoms with E-state index in [2.05, 4.69) is 65.0 Å². The van der Waals surface area contributed by atoms with Gasteiger partial charge in [0, 0.05) is 24.7 Å². The lowest BCUT2D eigenvalue weighted by Crippen LogP contribution is -2.42. The summed E-state index contributed by atoms with van der Waals surface area (Å²) in [4.78, 5) is 18.7. The highest BCUT2D eigenvalue weighted by atomic mass is 16.1. The topological polar surface area (TPSA) is 65.3 Å². The molecule has 1 aliphatic rings. The molecule has 0 amide bonds. The van der Waals surface area contributed by atoms with Crippen LogP contribution in [0.2, 0.25) is 0 Å². The number of nitrogens with two attached hydrogens (primary N) is 1. The first-order valence-corrected chi connectivity index (χ1v) is 11.6. The summed E-state index contributed by atoms with van der Waals surface area (Å²) in [6.45, 7) is 12.5. The fraction of sp³-hybridized carbons (Fsp3) is 0.407. The van der Waals surface area contributed by atoms with E-state index < -0.39 is 0 Å². The molecule has 32 heavy (non-hydrogen) atoms. The van der Waals surface area contributed by atoms with Crippen molar-refractivity contribution in [1.82, 2.24) is 9.13 Å². The molecule has 0 spiro atoms. The third kappa shape index (κ3) is 4.09. The van der Waals surface area contributed by atoms with E-state index in [0.29, 0.717) is 19.6 Å². The zero-order valence-corrected chi connectivity index (χ0v) is 20.0. The normalized spacial score (nSPS) is 13.2. The molecule has 0 unspecified atom stereocenters. The second kappa shape index (κ2) is 8.91. The van der Waals surface area contributed by atoms with Crippen molar-refractivity contribution in [2.75, 3.05) is 6.54 Å². The first-order chi connectivity index (χ1) is 15.3. The molecule has 0 saturated heterocycles. The fourth-order valence-corrected chi connectivity index (χ4v) is 4.80. The van der Waals surface area contributed by atoms with Crippen LogP contribution in [0.15, 0.2) is 40.1 Å². The summed E-state index contributed by atoms with van der Waals surface area (Å²) in [7, 11) is 0. The second-order valence-electron chi connectivity index (χ2n) is 9.17. The maximum Gasteiger partial charge on any atom is 0.330 e. The van der Waals surface area contributed by atoms with Gasteiger partial charge in [0.15, 0.2) is 0 Å². The van der Waals surface area contributed by atoms with Crippen LogP contribution in [-0.4, -0.2) is 15.7 Å². The van der Waals surface area contributed by atoms with Gasteiger partial charge < -0.3 is 5.73 Å². The molecule has 0 saturated carbocycles. The number of aryl methyl sites for hydroxylation is 6. The highest BCUT2D eigenvalue weighted by Gasteiger charge is 2.20. The van der Waals surface area contributed by atoms with Crippen LogP contribution in [-0.2, 0) is 19.5 Å². The monoisotopic (exact) mass is 430 g/mol. The van der Waals surface area contributed by atoms with E-state index in [1.807, 2.05) is 9.13 Å². The molecule has 0 radical (unpaired) electrons. The van der Waals surface area contributed by atoms with Crippen molar-refractivity contribution in [3.05, 3.63) is 79.7 Å². The van der Waals surface area contributed by atoms with Gasteiger partial charge in [0.2, 0.25) is 0 Å². The summed E-state index contributed by atoms with van der Waals surface area (Å²) in [5.41, 5.74) is 16.8. The Morgan fingerprint density at radius 3 is 2.28 bits per heavy atom. The zero-order valence-electron chi connectivity index (χ0n) is 20.0. The van der Waals surface area contributed by atoms with Gasteiger partial charge in [-0.05, 0) is 94.3 Å². The number of unbranched alkanes of at least 4 members (excludes halogenated alkanes) is 1. The number of fused-ring (bicyclic) bond motifs is 3. The van der Waals surface area contributed by atoms with Crippen molar-refractivity contribution in [2.45, 2.75) is 67.0 Å². The number of benzene rings is 2. The summed E-state index contributed by atoms with van der Waals surface area (Å²) in [6.07, 6.45) is 2.62. The Kier molecular flexibility index (Phi) is 6.20. The number of hydrogen-bond donors (Lipinski definition) is 1. The Morgan fingerprint density at radius 2 is 1.59 bits per heavy atom. The van der Waals surface area contributed by atoms with Crippen molar-refractivity contribution < 1.29 is 0 Å². The van der Waals surface area contributed by atoms with Gasteiger partial charge in [0.25, 0.3) is 0 Å². The molecule has 2 heterocycles. The zero-order chi connectivity index (χ0) is 23.0. The van der Waals surface area contributed by atoms with Crippen molar-refractivity contribution in [2.24, 2.45) is 10.7 Å². The summed E-state index contributed by atoms with van der Waals surface area (Å²) in [5, 5.41) is 0. The molecule has 0 bridgehead atoms. The summed E-state index contributed by atoms with van der Waals surface area (Å²) in [6, 6.07) is 10.9. The molecule has 1 aliphatic heterocycles. The molecule has 5 heteroatoms. The number of nitrogens with zero attached hydrogens (tertiary/aromatic N) is 3. The molecular formula is C27H34N4O. The smallest absolute Gasteiger partial charge is 0.330 e. The van der Waals surface area contributed by atoms with Crippen LogP contribution in [0.25, 0.3) is 11.3 Å². The van der Waals surface area contributed by atoms with E-state index in [1.165, 1.54) is 22.3 Å². The molecule has 3 aromatic rings. The first-order valence-electron chi connectivity index (χ1n) is 11.6. The van der Waals surface area contributed by atoms with E-state index in [1.54, 1.807) is 0 Å². The molecule has 168 valence electrons. The lowest BCUT2D eigenvalue weighted by Gasteiger charge is -2.24. The lowest BCUT2D eigenvalue weighted by atomic mass is 9.93. The molecule has 0 aliphatic carbocycles. The van der Waals surface area contributed by atoms with Gasteiger partial charge in [0.05, 0.1) is 11.4 Å². The predicted molar refractivity (Wildman–Crippen MR) is 131 cm³/mol. The number of aromatic nitrogens is 2. The number of rotatable bonds is 5. The van der Waals surface area contributed by atoms with Crippen LogP contribution in [0.4, 0.5) is 5.69 Å². The van der Waals surface area contributed by atoms with Gasteiger partial charge in [-0.2, -0.15) is 0 Å². The minimum absolute atomic E-state index is 0.0181. The van der Waals surface area contributed by atoms with E-state index in [0.717, 1.165) is 52.8 Å². The Hall–Kier alpha value is -2.92. The largest absolute Gasteiger partial charge is 0.330 e. The highest BCUT2D eigenvalue weighted by Crippen LogP contribution is 2.30. The third-order valence-electron chi connectivity index (χ3n) is 6.59. The molecule has 5 nitrogen and oxygen atoms in total. The van der Waals surface area contributed by atoms with E-state index in [9.17, 15) is 4.79 Å². The van der Waals surface area contributed by atoms with Crippen LogP contribution < -0.4 is 16.9 Å². The van der Waals surface area contributed by atoms with Crippen molar-refractivity contribution in [3.8, 4) is 11.3 Å². The second-order valence-corrected chi connectivity index (χ2v) is 9.17. The van der Waals surface area contributed by atoms with E-state index >= 15 is 0 Å². The minimum Gasteiger partial charge on any atom is -0.330 e. The SMILES string of the molecule is Cc1cc(C)c(/N=c2\cc3n(c(=O)n2CCCCN)CCc2cc(C)c(C)cc2-3)c(C)c1. The van der Waals surface area contributed by atoms with Crippen LogP contribution in [0.1, 0.15) is 46.2 Å². The Bertz CT molecular complexity index is 1290. The van der Waals surface area contributed by atoms with Crippen LogP contribution >= 0.6 is 0 Å². The van der Waals surface area contributed by atoms with Crippen LogP contribution in [0.3, 0.4) is 0 Å². The molecule has 0 fully saturated rings. The molecule has 0 atom stereocenters. The van der Waals surface area contributed by atoms with Gasteiger partial charge >= 0.3 is 5.69 Å². The van der Waals surface area contributed by atoms with Crippen molar-refractivity contribution >= 4 is 5.69 Å². The molecule has 2 N–H and O–H groups in total. The fourth-order valence-electron chi connectivity index (χ4n) is 4.80.